The number of phenolic OH excluding ortho intramolecular Hbond substituents is 2. The van der Waals surface area contributed by atoms with Crippen molar-refractivity contribution in [1.82, 2.24) is 5.43 Å². The highest BCUT2D eigenvalue weighted by Gasteiger charge is 2.11. The number of aromatic hydroxyl groups is 2. The maximum Gasteiger partial charge on any atom is 0.274 e. The van der Waals surface area contributed by atoms with E-state index in [9.17, 15) is 19.4 Å². The average Bonchev–Trinajstić information content (AvgIpc) is 2.45. The first-order valence-corrected chi connectivity index (χ1v) is 6.10. The molecule has 0 aliphatic heterocycles. The molecule has 0 atom stereocenters. The van der Waals surface area contributed by atoms with Gasteiger partial charge in [-0.3, -0.25) is 4.79 Å². The van der Waals surface area contributed by atoms with Gasteiger partial charge in [0.15, 0.2) is 0 Å². The number of nitrogens with zero attached hydrogens (tertiary/aromatic N) is 1. The summed E-state index contributed by atoms with van der Waals surface area (Å²) in [6.07, 6.45) is 0. The summed E-state index contributed by atoms with van der Waals surface area (Å²) in [5, 5.41) is 22.7. The van der Waals surface area contributed by atoms with Crippen LogP contribution in [0.4, 0.5) is 4.39 Å². The second kappa shape index (κ2) is 6.04. The third-order valence-corrected chi connectivity index (χ3v) is 2.81. The minimum atomic E-state index is -0.689. The maximum atomic E-state index is 13.4. The number of phenols is 2. The lowest BCUT2D eigenvalue weighted by Crippen LogP contribution is -2.20. The van der Waals surface area contributed by atoms with E-state index < -0.39 is 11.7 Å². The quantitative estimate of drug-likeness (QED) is 0.599. The second-order valence-corrected chi connectivity index (χ2v) is 4.32. The van der Waals surface area contributed by atoms with Gasteiger partial charge < -0.3 is 10.2 Å². The van der Waals surface area contributed by atoms with E-state index in [2.05, 4.69) is 10.5 Å². The molecule has 2 aromatic carbocycles. The van der Waals surface area contributed by atoms with E-state index in [1.807, 2.05) is 0 Å². The third-order valence-electron chi connectivity index (χ3n) is 2.81. The molecule has 2 aromatic rings. The molecule has 0 aliphatic rings. The van der Waals surface area contributed by atoms with E-state index in [-0.39, 0.29) is 17.1 Å². The van der Waals surface area contributed by atoms with Crippen LogP contribution in [0, 0.1) is 5.82 Å². The number of carbonyl (C=O) groups excluding carboxylic acids is 1. The van der Waals surface area contributed by atoms with Crippen molar-refractivity contribution in [1.29, 1.82) is 0 Å². The normalized spacial score (nSPS) is 11.2. The van der Waals surface area contributed by atoms with Crippen LogP contribution in [0.5, 0.6) is 11.5 Å². The van der Waals surface area contributed by atoms with Crippen molar-refractivity contribution in [3.8, 4) is 11.5 Å². The van der Waals surface area contributed by atoms with E-state index in [1.165, 1.54) is 30.3 Å². The van der Waals surface area contributed by atoms with E-state index in [0.29, 0.717) is 11.3 Å². The minimum absolute atomic E-state index is 0.0838. The summed E-state index contributed by atoms with van der Waals surface area (Å²) in [5.41, 5.74) is 2.76. The molecule has 21 heavy (non-hydrogen) atoms. The van der Waals surface area contributed by atoms with Crippen molar-refractivity contribution in [2.75, 3.05) is 0 Å². The summed E-state index contributed by atoms with van der Waals surface area (Å²) in [4.78, 5) is 11.8. The first-order valence-electron chi connectivity index (χ1n) is 6.10. The van der Waals surface area contributed by atoms with Crippen molar-refractivity contribution in [3.05, 3.63) is 59.4 Å². The molecule has 0 saturated heterocycles. The summed E-state index contributed by atoms with van der Waals surface area (Å²) in [6.45, 7) is 1.56. The number of rotatable bonds is 3. The largest absolute Gasteiger partial charge is 0.508 e. The van der Waals surface area contributed by atoms with Crippen LogP contribution in [0.25, 0.3) is 0 Å². The monoisotopic (exact) mass is 288 g/mol. The molecular weight excluding hydrogens is 275 g/mol. The fourth-order valence-corrected chi connectivity index (χ4v) is 1.73. The highest BCUT2D eigenvalue weighted by atomic mass is 19.1. The first kappa shape index (κ1) is 14.5. The van der Waals surface area contributed by atoms with Crippen LogP contribution in [0.2, 0.25) is 0 Å². The Labute approximate surface area is 120 Å². The second-order valence-electron chi connectivity index (χ2n) is 4.32. The van der Waals surface area contributed by atoms with Gasteiger partial charge in [0.05, 0.1) is 11.3 Å². The Morgan fingerprint density at radius 2 is 1.86 bits per heavy atom. The molecule has 3 N–H and O–H groups in total. The van der Waals surface area contributed by atoms with Gasteiger partial charge in [0.2, 0.25) is 0 Å². The van der Waals surface area contributed by atoms with Gasteiger partial charge in [0.25, 0.3) is 5.91 Å². The Kier molecular flexibility index (Phi) is 4.18. The predicted molar refractivity (Wildman–Crippen MR) is 75.8 cm³/mol. The van der Waals surface area contributed by atoms with Gasteiger partial charge in [-0.25, -0.2) is 9.82 Å². The molecule has 0 aliphatic carbocycles. The Balaban J connectivity index is 2.17. The fourth-order valence-electron chi connectivity index (χ4n) is 1.73. The molecule has 0 radical (unpaired) electrons. The number of hydrogen-bond acceptors (Lipinski definition) is 4. The van der Waals surface area contributed by atoms with E-state index in [1.54, 1.807) is 13.0 Å². The lowest BCUT2D eigenvalue weighted by atomic mass is 10.1. The highest BCUT2D eigenvalue weighted by molar-refractivity contribution is 6.02. The maximum absolute atomic E-state index is 13.4. The summed E-state index contributed by atoms with van der Waals surface area (Å²) in [5.74, 6) is -1.59. The SMILES string of the molecule is CC(=NNC(=O)c1ccccc1F)c1ccc(O)cc1O. The molecule has 1 amide bonds. The summed E-state index contributed by atoms with van der Waals surface area (Å²) in [6, 6.07) is 9.54. The van der Waals surface area contributed by atoms with Gasteiger partial charge in [-0.1, -0.05) is 12.1 Å². The zero-order valence-corrected chi connectivity index (χ0v) is 11.2. The standard InChI is InChI=1S/C15H13FN2O3/c1-9(11-7-6-10(19)8-14(11)20)17-18-15(21)12-4-2-3-5-13(12)16/h2-8,19-20H,1H3,(H,18,21). The molecular formula is C15H13FN2O3. The third kappa shape index (κ3) is 3.36. The number of amides is 1. The molecule has 0 heterocycles. The number of hydrogen-bond donors (Lipinski definition) is 3. The van der Waals surface area contributed by atoms with Gasteiger partial charge in [0, 0.05) is 11.6 Å². The average molecular weight is 288 g/mol. The molecule has 0 aromatic heterocycles. The topological polar surface area (TPSA) is 81.9 Å². The molecule has 0 spiro atoms. The van der Waals surface area contributed by atoms with Gasteiger partial charge in [-0.05, 0) is 31.2 Å². The number of hydrazone groups is 1. The molecule has 0 bridgehead atoms. The van der Waals surface area contributed by atoms with Crippen molar-refractivity contribution >= 4 is 11.6 Å². The Bertz CT molecular complexity index is 714. The van der Waals surface area contributed by atoms with E-state index in [4.69, 9.17) is 0 Å². The van der Waals surface area contributed by atoms with Crippen molar-refractivity contribution in [2.45, 2.75) is 6.92 Å². The highest BCUT2D eigenvalue weighted by Crippen LogP contribution is 2.22. The van der Waals surface area contributed by atoms with Crippen LogP contribution in [0.15, 0.2) is 47.6 Å². The Morgan fingerprint density at radius 3 is 2.52 bits per heavy atom. The lowest BCUT2D eigenvalue weighted by molar-refractivity contribution is 0.0951. The predicted octanol–water partition coefficient (Wildman–Crippen LogP) is 2.39. The van der Waals surface area contributed by atoms with Crippen LogP contribution < -0.4 is 5.43 Å². The van der Waals surface area contributed by atoms with Gasteiger partial charge in [0.1, 0.15) is 17.3 Å². The molecule has 5 nitrogen and oxygen atoms in total. The van der Waals surface area contributed by atoms with Crippen LogP contribution in [-0.4, -0.2) is 21.8 Å². The molecule has 0 saturated carbocycles. The number of halogens is 1. The molecule has 108 valence electrons. The summed E-state index contributed by atoms with van der Waals surface area (Å²) < 4.78 is 13.4. The lowest BCUT2D eigenvalue weighted by Gasteiger charge is -2.06. The Morgan fingerprint density at radius 1 is 1.14 bits per heavy atom. The van der Waals surface area contributed by atoms with E-state index in [0.717, 1.165) is 6.07 Å². The first-order chi connectivity index (χ1) is 9.99. The molecule has 2 rings (SSSR count). The van der Waals surface area contributed by atoms with Crippen LogP contribution in [0.3, 0.4) is 0 Å². The molecule has 6 heteroatoms. The van der Waals surface area contributed by atoms with Gasteiger partial charge in [-0.15, -0.1) is 0 Å². The smallest absolute Gasteiger partial charge is 0.274 e. The number of carbonyl (C=O) groups is 1. The van der Waals surface area contributed by atoms with Crippen molar-refractivity contribution < 1.29 is 19.4 Å². The molecule has 0 unspecified atom stereocenters. The number of nitrogens with one attached hydrogen (secondary N) is 1. The Hall–Kier alpha value is -2.89. The number of benzene rings is 2. The zero-order chi connectivity index (χ0) is 15.4. The van der Waals surface area contributed by atoms with Crippen LogP contribution >= 0.6 is 0 Å². The summed E-state index contributed by atoms with van der Waals surface area (Å²) >= 11 is 0. The summed E-state index contributed by atoms with van der Waals surface area (Å²) in [7, 11) is 0. The van der Waals surface area contributed by atoms with E-state index >= 15 is 0 Å². The fraction of sp³-hybridized carbons (Fsp3) is 0.0667. The zero-order valence-electron chi connectivity index (χ0n) is 11.2. The van der Waals surface area contributed by atoms with Gasteiger partial charge >= 0.3 is 0 Å². The van der Waals surface area contributed by atoms with Crippen LogP contribution in [-0.2, 0) is 0 Å². The van der Waals surface area contributed by atoms with Crippen LogP contribution in [0.1, 0.15) is 22.8 Å². The minimum Gasteiger partial charge on any atom is -0.508 e. The molecule has 0 fully saturated rings. The van der Waals surface area contributed by atoms with Crippen molar-refractivity contribution in [2.24, 2.45) is 5.10 Å². The van der Waals surface area contributed by atoms with Gasteiger partial charge in [-0.2, -0.15) is 5.10 Å². The van der Waals surface area contributed by atoms with Crippen molar-refractivity contribution in [3.63, 3.8) is 0 Å².